The van der Waals surface area contributed by atoms with E-state index in [2.05, 4.69) is 39.9 Å². The van der Waals surface area contributed by atoms with Gasteiger partial charge in [0, 0.05) is 19.3 Å². The van der Waals surface area contributed by atoms with E-state index in [-0.39, 0.29) is 11.9 Å². The number of nitrogens with zero attached hydrogens (tertiary/aromatic N) is 2. The molecule has 4 fully saturated rings. The van der Waals surface area contributed by atoms with Gasteiger partial charge in [-0.25, -0.2) is 0 Å². The summed E-state index contributed by atoms with van der Waals surface area (Å²) < 4.78 is 2.64. The summed E-state index contributed by atoms with van der Waals surface area (Å²) in [6.45, 7) is 2.22. The predicted octanol–water partition coefficient (Wildman–Crippen LogP) is 3.36. The van der Waals surface area contributed by atoms with Gasteiger partial charge in [0.1, 0.15) is 0 Å². The zero-order valence-corrected chi connectivity index (χ0v) is 15.5. The Morgan fingerprint density at radius 2 is 1.86 bits per heavy atom. The predicted molar refractivity (Wildman–Crippen MR) is 93.5 cm³/mol. The maximum absolute atomic E-state index is 12.6. The summed E-state index contributed by atoms with van der Waals surface area (Å²) in [4.78, 5) is 12.6. The molecule has 0 unspecified atom stereocenters. The Balaban J connectivity index is 1.51. The lowest BCUT2D eigenvalue weighted by atomic mass is 9.48. The van der Waals surface area contributed by atoms with Crippen LogP contribution in [-0.4, -0.2) is 21.7 Å². The summed E-state index contributed by atoms with van der Waals surface area (Å²) in [5.74, 6) is 2.75. The lowest BCUT2D eigenvalue weighted by Gasteiger charge is -2.59. The summed E-state index contributed by atoms with van der Waals surface area (Å²) in [7, 11) is 1.86. The molecular weight excluding hydrogens is 389 g/mol. The van der Waals surface area contributed by atoms with E-state index in [1.807, 2.05) is 13.2 Å². The summed E-state index contributed by atoms with van der Waals surface area (Å²) in [5.41, 5.74) is 0.921. The van der Waals surface area contributed by atoms with E-state index in [1.165, 1.54) is 38.5 Å². The molecule has 5 rings (SSSR count). The Hall–Kier alpha value is -0.590. The molecule has 0 aromatic carbocycles. The molecule has 4 aliphatic rings. The van der Waals surface area contributed by atoms with E-state index in [0.717, 1.165) is 21.3 Å². The van der Waals surface area contributed by atoms with Gasteiger partial charge in [-0.05, 0) is 91.2 Å². The molecule has 1 aromatic rings. The fourth-order valence-electron chi connectivity index (χ4n) is 5.74. The van der Waals surface area contributed by atoms with Crippen LogP contribution in [0, 0.1) is 26.7 Å². The quantitative estimate of drug-likeness (QED) is 0.773. The number of aromatic nitrogens is 2. The van der Waals surface area contributed by atoms with Crippen molar-refractivity contribution in [1.82, 2.24) is 15.1 Å². The number of rotatable bonds is 3. The molecule has 0 radical (unpaired) electrons. The molecule has 120 valence electrons. The van der Waals surface area contributed by atoms with Gasteiger partial charge in [0.05, 0.1) is 3.57 Å². The van der Waals surface area contributed by atoms with Crippen molar-refractivity contribution >= 4 is 28.5 Å². The Kier molecular flexibility index (Phi) is 3.55. The van der Waals surface area contributed by atoms with Gasteiger partial charge in [-0.1, -0.05) is 0 Å². The van der Waals surface area contributed by atoms with Gasteiger partial charge >= 0.3 is 0 Å². The van der Waals surface area contributed by atoms with Crippen LogP contribution in [0.2, 0.25) is 0 Å². The molecule has 0 aliphatic heterocycles. The standard InChI is InChI=1S/C17H24IN3O/c1-10(19-16(22)15-14(18)9-21(2)20-15)17-6-11-3-12(7-17)5-13(4-11)8-17/h9-13H,3-8H2,1-2H3,(H,19,22)/t10-,11?,12?,13?,17?/m1/s1. The Bertz CT molecular complexity index is 574. The fraction of sp³-hybridized carbons (Fsp3) is 0.765. The largest absolute Gasteiger partial charge is 0.348 e. The maximum Gasteiger partial charge on any atom is 0.273 e. The van der Waals surface area contributed by atoms with Crippen LogP contribution in [0.4, 0.5) is 0 Å². The first-order valence-electron chi connectivity index (χ1n) is 8.45. The van der Waals surface area contributed by atoms with Crippen LogP contribution in [0.15, 0.2) is 6.20 Å². The van der Waals surface area contributed by atoms with Crippen molar-refractivity contribution in [3.63, 3.8) is 0 Å². The summed E-state index contributed by atoms with van der Waals surface area (Å²) >= 11 is 2.19. The van der Waals surface area contributed by atoms with Gasteiger partial charge in [-0.15, -0.1) is 0 Å². The van der Waals surface area contributed by atoms with Crippen LogP contribution < -0.4 is 5.32 Å². The van der Waals surface area contributed by atoms with Crippen LogP contribution in [-0.2, 0) is 7.05 Å². The highest BCUT2D eigenvalue weighted by Crippen LogP contribution is 2.61. The number of hydrogen-bond donors (Lipinski definition) is 1. The summed E-state index contributed by atoms with van der Waals surface area (Å²) in [6.07, 6.45) is 10.2. The third-order valence-corrected chi connectivity index (χ3v) is 7.14. The summed E-state index contributed by atoms with van der Waals surface area (Å²) in [6, 6.07) is 0.256. The number of aryl methyl sites for hydroxylation is 1. The lowest BCUT2D eigenvalue weighted by Crippen LogP contribution is -2.55. The van der Waals surface area contributed by atoms with E-state index in [9.17, 15) is 4.79 Å². The number of carbonyl (C=O) groups excluding carboxylic acids is 1. The highest BCUT2D eigenvalue weighted by atomic mass is 127. The topological polar surface area (TPSA) is 46.9 Å². The molecule has 1 amide bonds. The summed E-state index contributed by atoms with van der Waals surface area (Å²) in [5, 5.41) is 7.59. The van der Waals surface area contributed by atoms with E-state index in [4.69, 9.17) is 0 Å². The van der Waals surface area contributed by atoms with Crippen molar-refractivity contribution in [2.45, 2.75) is 51.5 Å². The molecule has 22 heavy (non-hydrogen) atoms. The first kappa shape index (κ1) is 15.0. The second-order valence-electron chi connectivity index (χ2n) is 7.97. The molecule has 4 nitrogen and oxygen atoms in total. The molecule has 1 atom stereocenters. The zero-order chi connectivity index (χ0) is 15.5. The van der Waals surface area contributed by atoms with Crippen LogP contribution in [0.1, 0.15) is 55.9 Å². The minimum Gasteiger partial charge on any atom is -0.348 e. The molecule has 4 aliphatic carbocycles. The van der Waals surface area contributed by atoms with Crippen molar-refractivity contribution in [2.24, 2.45) is 30.2 Å². The van der Waals surface area contributed by atoms with Crippen molar-refractivity contribution < 1.29 is 4.79 Å². The minimum absolute atomic E-state index is 0.00625. The Morgan fingerprint density at radius 3 is 2.32 bits per heavy atom. The average Bonchev–Trinajstić information content (AvgIpc) is 2.76. The molecule has 4 saturated carbocycles. The number of nitrogens with one attached hydrogen (secondary N) is 1. The second-order valence-corrected chi connectivity index (χ2v) is 9.14. The third kappa shape index (κ3) is 2.39. The Labute approximate surface area is 145 Å². The van der Waals surface area contributed by atoms with Crippen molar-refractivity contribution in [3.05, 3.63) is 15.5 Å². The minimum atomic E-state index is -0.00625. The number of halogens is 1. The number of amides is 1. The molecule has 1 heterocycles. The molecule has 4 bridgehead atoms. The van der Waals surface area contributed by atoms with Crippen LogP contribution in [0.5, 0.6) is 0 Å². The van der Waals surface area contributed by atoms with E-state index >= 15 is 0 Å². The first-order valence-corrected chi connectivity index (χ1v) is 9.53. The van der Waals surface area contributed by atoms with E-state index in [1.54, 1.807) is 4.68 Å². The number of hydrogen-bond acceptors (Lipinski definition) is 2. The number of carbonyl (C=O) groups is 1. The smallest absolute Gasteiger partial charge is 0.273 e. The molecular formula is C17H24IN3O. The SMILES string of the molecule is C[C@@H](NC(=O)c1nn(C)cc1I)C12CC3CC(CC(C3)C1)C2. The van der Waals surface area contributed by atoms with Gasteiger partial charge in [-0.3, -0.25) is 9.48 Å². The molecule has 1 N–H and O–H groups in total. The lowest BCUT2D eigenvalue weighted by molar-refractivity contribution is -0.0688. The molecule has 5 heteroatoms. The fourth-order valence-corrected chi connectivity index (χ4v) is 6.50. The zero-order valence-electron chi connectivity index (χ0n) is 13.3. The van der Waals surface area contributed by atoms with Crippen LogP contribution in [0.25, 0.3) is 0 Å². The monoisotopic (exact) mass is 413 g/mol. The van der Waals surface area contributed by atoms with Gasteiger partial charge in [-0.2, -0.15) is 5.10 Å². The second kappa shape index (κ2) is 5.21. The van der Waals surface area contributed by atoms with Gasteiger partial charge in [0.15, 0.2) is 5.69 Å². The van der Waals surface area contributed by atoms with Crippen molar-refractivity contribution in [1.29, 1.82) is 0 Å². The van der Waals surface area contributed by atoms with Crippen LogP contribution >= 0.6 is 22.6 Å². The third-order valence-electron chi connectivity index (χ3n) is 6.35. The van der Waals surface area contributed by atoms with E-state index in [0.29, 0.717) is 11.1 Å². The highest BCUT2D eigenvalue weighted by molar-refractivity contribution is 14.1. The average molecular weight is 413 g/mol. The first-order chi connectivity index (χ1) is 10.4. The van der Waals surface area contributed by atoms with Crippen molar-refractivity contribution in [2.75, 3.05) is 0 Å². The molecule has 0 spiro atoms. The molecule has 0 saturated heterocycles. The normalized spacial score (nSPS) is 37.3. The van der Waals surface area contributed by atoms with Gasteiger partial charge in [0.25, 0.3) is 5.91 Å². The molecule has 1 aromatic heterocycles. The Morgan fingerprint density at radius 1 is 1.32 bits per heavy atom. The van der Waals surface area contributed by atoms with Gasteiger partial charge < -0.3 is 5.32 Å². The maximum atomic E-state index is 12.6. The highest BCUT2D eigenvalue weighted by Gasteiger charge is 2.53. The van der Waals surface area contributed by atoms with E-state index < -0.39 is 0 Å². The van der Waals surface area contributed by atoms with Crippen LogP contribution in [0.3, 0.4) is 0 Å². The van der Waals surface area contributed by atoms with Crippen molar-refractivity contribution in [3.8, 4) is 0 Å². The van der Waals surface area contributed by atoms with Gasteiger partial charge in [0.2, 0.25) is 0 Å².